The van der Waals surface area contributed by atoms with Crippen molar-refractivity contribution in [3.05, 3.63) is 30.1 Å². The van der Waals surface area contributed by atoms with Crippen molar-refractivity contribution in [2.24, 2.45) is 11.1 Å². The van der Waals surface area contributed by atoms with Crippen molar-refractivity contribution < 1.29 is 4.79 Å². The number of likely N-dealkylation sites (tertiary alicyclic amines) is 1. The highest BCUT2D eigenvalue weighted by molar-refractivity contribution is 5.78. The van der Waals surface area contributed by atoms with E-state index in [1.807, 2.05) is 24.5 Å². The predicted molar refractivity (Wildman–Crippen MR) is 87.1 cm³/mol. The third kappa shape index (κ3) is 3.17. The second kappa shape index (κ2) is 6.78. The van der Waals surface area contributed by atoms with Gasteiger partial charge in [-0.15, -0.1) is 0 Å². The molecule has 1 aliphatic heterocycles. The molecule has 0 spiro atoms. The largest absolute Gasteiger partial charge is 0.336 e. The molecule has 0 bridgehead atoms. The van der Waals surface area contributed by atoms with Crippen molar-refractivity contribution in [2.75, 3.05) is 13.1 Å². The summed E-state index contributed by atoms with van der Waals surface area (Å²) in [5.41, 5.74) is 7.32. The molecule has 1 atom stereocenters. The van der Waals surface area contributed by atoms with E-state index in [4.69, 9.17) is 5.73 Å². The lowest BCUT2D eigenvalue weighted by Crippen LogP contribution is -2.40. The van der Waals surface area contributed by atoms with Gasteiger partial charge in [-0.3, -0.25) is 9.78 Å². The molecular weight excluding hydrogens is 274 g/mol. The topological polar surface area (TPSA) is 59.2 Å². The average molecular weight is 301 g/mol. The Hall–Kier alpha value is -1.42. The van der Waals surface area contributed by atoms with Crippen LogP contribution in [0.5, 0.6) is 0 Å². The molecule has 0 aromatic carbocycles. The second-order valence-electron chi connectivity index (χ2n) is 6.97. The number of hydrogen-bond donors (Lipinski definition) is 1. The monoisotopic (exact) mass is 301 g/mol. The van der Waals surface area contributed by atoms with Gasteiger partial charge in [-0.2, -0.15) is 0 Å². The van der Waals surface area contributed by atoms with Gasteiger partial charge in [0.2, 0.25) is 5.91 Å². The van der Waals surface area contributed by atoms with Crippen molar-refractivity contribution in [1.29, 1.82) is 0 Å². The fraction of sp³-hybridized carbons (Fsp3) is 0.667. The number of nitrogens with zero attached hydrogens (tertiary/aromatic N) is 2. The molecule has 1 saturated heterocycles. The molecule has 1 aromatic heterocycles. The molecule has 0 radical (unpaired) electrons. The minimum Gasteiger partial charge on any atom is -0.336 e. The molecule has 22 heavy (non-hydrogen) atoms. The molecule has 2 aliphatic rings. The minimum absolute atomic E-state index is 0.0563. The smallest absolute Gasteiger partial charge is 0.223 e. The van der Waals surface area contributed by atoms with Crippen molar-refractivity contribution in [3.8, 4) is 0 Å². The molecular formula is C18H27N3O. The van der Waals surface area contributed by atoms with Crippen molar-refractivity contribution in [2.45, 2.75) is 57.4 Å². The number of pyridine rings is 1. The zero-order valence-corrected chi connectivity index (χ0v) is 13.3. The molecule has 4 heteroatoms. The van der Waals surface area contributed by atoms with Gasteiger partial charge in [0, 0.05) is 25.4 Å². The van der Waals surface area contributed by atoms with Gasteiger partial charge in [-0.25, -0.2) is 0 Å². The molecule has 2 fully saturated rings. The number of hydrogen-bond acceptors (Lipinski definition) is 3. The van der Waals surface area contributed by atoms with Crippen LogP contribution < -0.4 is 5.73 Å². The summed E-state index contributed by atoms with van der Waals surface area (Å²) >= 11 is 0. The maximum absolute atomic E-state index is 12.9. The normalized spacial score (nSPS) is 24.4. The van der Waals surface area contributed by atoms with Gasteiger partial charge < -0.3 is 10.6 Å². The Balaban J connectivity index is 1.71. The highest BCUT2D eigenvalue weighted by atomic mass is 16.2. The van der Waals surface area contributed by atoms with Crippen LogP contribution in [0.2, 0.25) is 0 Å². The van der Waals surface area contributed by atoms with Gasteiger partial charge >= 0.3 is 0 Å². The second-order valence-corrected chi connectivity index (χ2v) is 6.97. The van der Waals surface area contributed by atoms with Crippen molar-refractivity contribution >= 4 is 5.91 Å². The lowest BCUT2D eigenvalue weighted by Gasteiger charge is -2.37. The van der Waals surface area contributed by atoms with Gasteiger partial charge in [-0.05, 0) is 55.3 Å². The van der Waals surface area contributed by atoms with Crippen LogP contribution >= 0.6 is 0 Å². The van der Waals surface area contributed by atoms with E-state index >= 15 is 0 Å². The van der Waals surface area contributed by atoms with Crippen molar-refractivity contribution in [3.63, 3.8) is 0 Å². The van der Waals surface area contributed by atoms with Crippen LogP contribution in [0.3, 0.4) is 0 Å². The lowest BCUT2D eigenvalue weighted by molar-refractivity contribution is -0.135. The molecule has 2 N–H and O–H groups in total. The van der Waals surface area contributed by atoms with E-state index in [9.17, 15) is 4.79 Å². The summed E-state index contributed by atoms with van der Waals surface area (Å²) in [6.07, 6.45) is 12.4. The third-order valence-corrected chi connectivity index (χ3v) is 5.54. The quantitative estimate of drug-likeness (QED) is 0.930. The summed E-state index contributed by atoms with van der Waals surface area (Å²) in [5.74, 6) is 0.298. The summed E-state index contributed by atoms with van der Waals surface area (Å²) in [6.45, 7) is 1.53. The van der Waals surface area contributed by atoms with Gasteiger partial charge in [0.15, 0.2) is 0 Å². The number of nitrogens with two attached hydrogens (primary N) is 1. The Morgan fingerprint density at radius 1 is 1.23 bits per heavy atom. The van der Waals surface area contributed by atoms with Crippen molar-refractivity contribution in [1.82, 2.24) is 9.88 Å². The Labute approximate surface area is 133 Å². The van der Waals surface area contributed by atoms with Crippen LogP contribution in [0.25, 0.3) is 0 Å². The first-order valence-electron chi connectivity index (χ1n) is 8.64. The molecule has 120 valence electrons. The fourth-order valence-corrected chi connectivity index (χ4v) is 4.17. The predicted octanol–water partition coefficient (Wildman–Crippen LogP) is 3.04. The first-order valence-corrected chi connectivity index (χ1v) is 8.64. The Morgan fingerprint density at radius 2 is 1.95 bits per heavy atom. The number of aromatic nitrogens is 1. The Bertz CT molecular complexity index is 496. The van der Waals surface area contributed by atoms with E-state index < -0.39 is 0 Å². The van der Waals surface area contributed by atoms with E-state index in [-0.39, 0.29) is 11.5 Å². The number of rotatable bonds is 4. The van der Waals surface area contributed by atoms with E-state index in [1.165, 1.54) is 24.8 Å². The van der Waals surface area contributed by atoms with E-state index in [1.54, 1.807) is 0 Å². The first kappa shape index (κ1) is 15.5. The van der Waals surface area contributed by atoms with Gasteiger partial charge in [0.25, 0.3) is 0 Å². The van der Waals surface area contributed by atoms with Crippen LogP contribution in [0.15, 0.2) is 24.5 Å². The van der Waals surface area contributed by atoms with Crippen LogP contribution in [0, 0.1) is 5.41 Å². The summed E-state index contributed by atoms with van der Waals surface area (Å²) in [6, 6.07) is 4.31. The van der Waals surface area contributed by atoms with E-state index in [0.29, 0.717) is 18.9 Å². The minimum atomic E-state index is 0.0563. The van der Waals surface area contributed by atoms with Crippen LogP contribution in [-0.4, -0.2) is 28.9 Å². The summed E-state index contributed by atoms with van der Waals surface area (Å²) in [7, 11) is 0. The zero-order chi connectivity index (χ0) is 15.4. The number of amides is 1. The van der Waals surface area contributed by atoms with Gasteiger partial charge in [0.05, 0.1) is 6.04 Å². The maximum Gasteiger partial charge on any atom is 0.223 e. The highest BCUT2D eigenvalue weighted by Gasteiger charge is 2.37. The molecule has 1 aromatic rings. The average Bonchev–Trinajstić information content (AvgIpc) is 3.06. The van der Waals surface area contributed by atoms with Gasteiger partial charge in [-0.1, -0.05) is 19.3 Å². The fourth-order valence-electron chi connectivity index (χ4n) is 4.17. The van der Waals surface area contributed by atoms with E-state index in [2.05, 4.69) is 9.88 Å². The van der Waals surface area contributed by atoms with Crippen LogP contribution in [0.4, 0.5) is 0 Å². The maximum atomic E-state index is 12.9. The highest BCUT2D eigenvalue weighted by Crippen LogP contribution is 2.40. The Morgan fingerprint density at radius 3 is 2.64 bits per heavy atom. The molecule has 1 amide bonds. The van der Waals surface area contributed by atoms with Crippen LogP contribution in [-0.2, 0) is 4.79 Å². The summed E-state index contributed by atoms with van der Waals surface area (Å²) < 4.78 is 0. The third-order valence-electron chi connectivity index (χ3n) is 5.54. The molecule has 3 rings (SSSR count). The Kier molecular flexibility index (Phi) is 4.77. The number of carbonyl (C=O) groups is 1. The van der Waals surface area contributed by atoms with E-state index in [0.717, 1.165) is 32.2 Å². The lowest BCUT2D eigenvalue weighted by atomic mass is 9.71. The SMILES string of the molecule is NCC1(CC(=O)N2CCCC2c2ccncc2)CCCCC1. The zero-order valence-electron chi connectivity index (χ0n) is 13.3. The summed E-state index contributed by atoms with van der Waals surface area (Å²) in [5, 5.41) is 0. The van der Waals surface area contributed by atoms with Crippen LogP contribution in [0.1, 0.15) is 63.0 Å². The standard InChI is InChI=1S/C18H27N3O/c19-14-18(8-2-1-3-9-18)13-17(22)21-12-4-5-16(21)15-6-10-20-11-7-15/h6-7,10-11,16H,1-5,8-9,12-14,19H2. The molecule has 1 unspecified atom stereocenters. The molecule has 1 aliphatic carbocycles. The molecule has 1 saturated carbocycles. The number of carbonyl (C=O) groups excluding carboxylic acids is 1. The summed E-state index contributed by atoms with van der Waals surface area (Å²) in [4.78, 5) is 19.1. The first-order chi connectivity index (χ1) is 10.7. The molecule has 4 nitrogen and oxygen atoms in total. The van der Waals surface area contributed by atoms with Gasteiger partial charge in [0.1, 0.15) is 0 Å². The molecule has 2 heterocycles.